The van der Waals surface area contributed by atoms with Gasteiger partial charge in [-0.1, -0.05) is 36.4 Å². The lowest BCUT2D eigenvalue weighted by Gasteiger charge is -2.25. The standard InChI is InChI=1S/C22H23NO6/c1-28-16-10-9-15(13-17(16)29-2)19-18(20(25)14-7-4-3-5-8-14)21(26)22(27)23(19)11-6-12-24/h3-5,7-10,13,19,24-25H,6,11-12H2,1-2H3/t19-/m1/s1. The fourth-order valence-electron chi connectivity index (χ4n) is 3.47. The Kier molecular flexibility index (Phi) is 6.19. The summed E-state index contributed by atoms with van der Waals surface area (Å²) in [6.07, 6.45) is 0.308. The number of carbonyl (C=O) groups is 2. The molecule has 152 valence electrons. The largest absolute Gasteiger partial charge is 0.507 e. The lowest BCUT2D eigenvalue weighted by Crippen LogP contribution is -2.31. The third-order valence-electron chi connectivity index (χ3n) is 4.87. The van der Waals surface area contributed by atoms with E-state index in [0.29, 0.717) is 29.0 Å². The minimum atomic E-state index is -0.804. The van der Waals surface area contributed by atoms with Crippen molar-refractivity contribution in [2.24, 2.45) is 0 Å². The summed E-state index contributed by atoms with van der Waals surface area (Å²) in [6, 6.07) is 12.9. The van der Waals surface area contributed by atoms with Crippen LogP contribution < -0.4 is 9.47 Å². The molecule has 0 aliphatic carbocycles. The third kappa shape index (κ3) is 3.82. The van der Waals surface area contributed by atoms with Crippen molar-refractivity contribution in [2.75, 3.05) is 27.4 Å². The second-order valence-electron chi connectivity index (χ2n) is 6.55. The number of likely N-dealkylation sites (tertiary alicyclic amines) is 1. The molecule has 0 radical (unpaired) electrons. The molecule has 1 amide bonds. The molecule has 29 heavy (non-hydrogen) atoms. The molecule has 1 heterocycles. The second kappa shape index (κ2) is 8.79. The van der Waals surface area contributed by atoms with Crippen molar-refractivity contribution in [1.82, 2.24) is 4.90 Å². The zero-order chi connectivity index (χ0) is 21.0. The van der Waals surface area contributed by atoms with Gasteiger partial charge in [-0.3, -0.25) is 9.59 Å². The van der Waals surface area contributed by atoms with Gasteiger partial charge in [-0.05, 0) is 24.1 Å². The van der Waals surface area contributed by atoms with Crippen molar-refractivity contribution < 1.29 is 29.3 Å². The Morgan fingerprint density at radius 3 is 2.34 bits per heavy atom. The number of aliphatic hydroxyl groups excluding tert-OH is 2. The van der Waals surface area contributed by atoms with Crippen LogP contribution in [0.4, 0.5) is 0 Å². The summed E-state index contributed by atoms with van der Waals surface area (Å²) in [7, 11) is 3.01. The van der Waals surface area contributed by atoms with Gasteiger partial charge < -0.3 is 24.6 Å². The number of hydrogen-bond acceptors (Lipinski definition) is 6. The van der Waals surface area contributed by atoms with Gasteiger partial charge in [-0.2, -0.15) is 0 Å². The maximum Gasteiger partial charge on any atom is 0.295 e. The molecule has 0 aromatic heterocycles. The van der Waals surface area contributed by atoms with E-state index < -0.39 is 17.7 Å². The quantitative estimate of drug-likeness (QED) is 0.423. The number of carbonyl (C=O) groups excluding carboxylic acids is 2. The normalized spacial score (nSPS) is 18.2. The van der Waals surface area contributed by atoms with E-state index in [4.69, 9.17) is 9.47 Å². The zero-order valence-corrected chi connectivity index (χ0v) is 16.3. The van der Waals surface area contributed by atoms with Gasteiger partial charge >= 0.3 is 0 Å². The van der Waals surface area contributed by atoms with Crippen molar-refractivity contribution in [2.45, 2.75) is 12.5 Å². The Morgan fingerprint density at radius 1 is 1.03 bits per heavy atom. The molecule has 0 saturated carbocycles. The van der Waals surface area contributed by atoms with E-state index in [1.165, 1.54) is 19.1 Å². The number of amides is 1. The van der Waals surface area contributed by atoms with E-state index in [1.807, 2.05) is 0 Å². The SMILES string of the molecule is COc1ccc([C@@H]2C(=C(O)c3ccccc3)C(=O)C(=O)N2CCCO)cc1OC. The summed E-state index contributed by atoms with van der Waals surface area (Å²) in [5, 5.41) is 20.1. The van der Waals surface area contributed by atoms with E-state index in [0.717, 1.165) is 0 Å². The van der Waals surface area contributed by atoms with Crippen LogP contribution in [-0.2, 0) is 9.59 Å². The van der Waals surface area contributed by atoms with Crippen LogP contribution in [0.5, 0.6) is 11.5 Å². The van der Waals surface area contributed by atoms with Crippen molar-refractivity contribution in [3.63, 3.8) is 0 Å². The van der Waals surface area contributed by atoms with Crippen molar-refractivity contribution in [3.8, 4) is 11.5 Å². The smallest absolute Gasteiger partial charge is 0.295 e. The molecule has 2 aromatic carbocycles. The van der Waals surface area contributed by atoms with Gasteiger partial charge in [0, 0.05) is 18.7 Å². The maximum absolute atomic E-state index is 12.8. The Bertz CT molecular complexity index is 938. The maximum atomic E-state index is 12.8. The van der Waals surface area contributed by atoms with Gasteiger partial charge in [0.2, 0.25) is 0 Å². The van der Waals surface area contributed by atoms with Gasteiger partial charge in [0.05, 0.1) is 25.8 Å². The van der Waals surface area contributed by atoms with Gasteiger partial charge in [0.1, 0.15) is 5.76 Å². The van der Waals surface area contributed by atoms with E-state index in [9.17, 15) is 19.8 Å². The molecular formula is C22H23NO6. The highest BCUT2D eigenvalue weighted by molar-refractivity contribution is 6.46. The first-order chi connectivity index (χ1) is 14.0. The lowest BCUT2D eigenvalue weighted by molar-refractivity contribution is -0.140. The second-order valence-corrected chi connectivity index (χ2v) is 6.55. The predicted octanol–water partition coefficient (Wildman–Crippen LogP) is 2.51. The monoisotopic (exact) mass is 397 g/mol. The van der Waals surface area contributed by atoms with Crippen LogP contribution in [0.3, 0.4) is 0 Å². The molecule has 1 aliphatic heterocycles. The average molecular weight is 397 g/mol. The molecule has 0 unspecified atom stereocenters. The van der Waals surface area contributed by atoms with Crippen LogP contribution in [0.25, 0.3) is 5.76 Å². The lowest BCUT2D eigenvalue weighted by atomic mass is 9.95. The molecule has 1 saturated heterocycles. The summed E-state index contributed by atoms with van der Waals surface area (Å²) >= 11 is 0. The third-order valence-corrected chi connectivity index (χ3v) is 4.87. The Morgan fingerprint density at radius 2 is 1.72 bits per heavy atom. The zero-order valence-electron chi connectivity index (χ0n) is 16.3. The minimum absolute atomic E-state index is 0.00589. The van der Waals surface area contributed by atoms with E-state index in [2.05, 4.69) is 0 Å². The molecule has 7 heteroatoms. The predicted molar refractivity (Wildman–Crippen MR) is 107 cm³/mol. The Labute approximate surface area is 168 Å². The molecule has 2 aromatic rings. The number of benzene rings is 2. The first-order valence-corrected chi connectivity index (χ1v) is 9.20. The van der Waals surface area contributed by atoms with Crippen molar-refractivity contribution in [3.05, 3.63) is 65.2 Å². The van der Waals surface area contributed by atoms with Crippen LogP contribution in [0.2, 0.25) is 0 Å². The topological polar surface area (TPSA) is 96.3 Å². The number of ether oxygens (including phenoxy) is 2. The fourth-order valence-corrected chi connectivity index (χ4v) is 3.47. The number of rotatable bonds is 7. The number of hydrogen-bond donors (Lipinski definition) is 2. The van der Waals surface area contributed by atoms with Crippen LogP contribution in [0.15, 0.2) is 54.1 Å². The highest BCUT2D eigenvalue weighted by Crippen LogP contribution is 2.41. The summed E-state index contributed by atoms with van der Waals surface area (Å²) < 4.78 is 10.6. The molecule has 2 N–H and O–H groups in total. The number of aliphatic hydroxyl groups is 2. The molecule has 1 fully saturated rings. The van der Waals surface area contributed by atoms with Crippen LogP contribution in [-0.4, -0.2) is 54.2 Å². The Balaban J connectivity index is 2.18. The summed E-state index contributed by atoms with van der Waals surface area (Å²) in [6.45, 7) is 0.0476. The molecule has 1 atom stereocenters. The van der Waals surface area contributed by atoms with E-state index in [-0.39, 0.29) is 24.5 Å². The molecule has 1 aliphatic rings. The highest BCUT2D eigenvalue weighted by atomic mass is 16.5. The van der Waals surface area contributed by atoms with E-state index in [1.54, 1.807) is 48.5 Å². The first kappa shape index (κ1) is 20.4. The highest BCUT2D eigenvalue weighted by Gasteiger charge is 2.46. The molecule has 3 rings (SSSR count). The van der Waals surface area contributed by atoms with Gasteiger partial charge in [-0.25, -0.2) is 0 Å². The summed E-state index contributed by atoms with van der Waals surface area (Å²) in [5.74, 6) is -0.765. The number of Topliss-reactive ketones (excluding diaryl/α,β-unsaturated/α-hetero) is 1. The fraction of sp³-hybridized carbons (Fsp3) is 0.273. The van der Waals surface area contributed by atoms with E-state index >= 15 is 0 Å². The summed E-state index contributed by atoms with van der Waals surface area (Å²) in [5.41, 5.74) is 1.04. The van der Waals surface area contributed by atoms with Crippen LogP contribution in [0.1, 0.15) is 23.6 Å². The van der Waals surface area contributed by atoms with Crippen molar-refractivity contribution in [1.29, 1.82) is 0 Å². The summed E-state index contributed by atoms with van der Waals surface area (Å²) in [4.78, 5) is 26.9. The Hall–Kier alpha value is -3.32. The molecule has 7 nitrogen and oxygen atoms in total. The average Bonchev–Trinajstić information content (AvgIpc) is 3.01. The van der Waals surface area contributed by atoms with Gasteiger partial charge in [0.15, 0.2) is 11.5 Å². The number of ketones is 1. The van der Waals surface area contributed by atoms with Crippen LogP contribution in [0, 0.1) is 0 Å². The molecular weight excluding hydrogens is 374 g/mol. The van der Waals surface area contributed by atoms with Gasteiger partial charge in [-0.15, -0.1) is 0 Å². The number of nitrogens with zero attached hydrogens (tertiary/aromatic N) is 1. The molecule has 0 spiro atoms. The first-order valence-electron chi connectivity index (χ1n) is 9.20. The van der Waals surface area contributed by atoms with Crippen LogP contribution >= 0.6 is 0 Å². The van der Waals surface area contributed by atoms with Gasteiger partial charge in [0.25, 0.3) is 11.7 Å². The number of methoxy groups -OCH3 is 2. The van der Waals surface area contributed by atoms with Crippen molar-refractivity contribution >= 4 is 17.4 Å². The molecule has 0 bridgehead atoms. The minimum Gasteiger partial charge on any atom is -0.507 e.